The van der Waals surface area contributed by atoms with E-state index in [1.807, 2.05) is 6.07 Å². The molecule has 0 atom stereocenters. The number of nitrogens with zero attached hydrogens (tertiary/aromatic N) is 2. The number of likely N-dealkylation sites (tertiary alicyclic amines) is 1. The Hall–Kier alpha value is -2.38. The van der Waals surface area contributed by atoms with Crippen molar-refractivity contribution in [3.8, 4) is 0 Å². The third-order valence-electron chi connectivity index (χ3n) is 5.51. The second kappa shape index (κ2) is 10.6. The van der Waals surface area contributed by atoms with Crippen LogP contribution in [0.15, 0.2) is 64.5 Å². The number of guanidine groups is 1. The molecule has 0 radical (unpaired) electrons. The second-order valence-corrected chi connectivity index (χ2v) is 9.53. The number of piperidine rings is 1. The van der Waals surface area contributed by atoms with Crippen molar-refractivity contribution in [1.29, 1.82) is 0 Å². The first kappa shape index (κ1) is 22.3. The van der Waals surface area contributed by atoms with Crippen LogP contribution in [0, 0.1) is 5.92 Å². The lowest BCUT2D eigenvalue weighted by molar-refractivity contribution is 0.259. The lowest BCUT2D eigenvalue weighted by Gasteiger charge is -2.34. The van der Waals surface area contributed by atoms with E-state index in [2.05, 4.69) is 52.2 Å². The van der Waals surface area contributed by atoms with Crippen LogP contribution in [0.3, 0.4) is 0 Å². The van der Waals surface area contributed by atoms with E-state index in [1.165, 1.54) is 12.6 Å². The Bertz CT molecular complexity index is 937. The summed E-state index contributed by atoms with van der Waals surface area (Å²) in [5.41, 5.74) is 2.29. The van der Waals surface area contributed by atoms with Gasteiger partial charge in [0.2, 0.25) is 10.0 Å². The van der Waals surface area contributed by atoms with Gasteiger partial charge in [-0.25, -0.2) is 18.1 Å². The van der Waals surface area contributed by atoms with Crippen LogP contribution in [0.25, 0.3) is 0 Å². The lowest BCUT2D eigenvalue weighted by atomic mass is 9.90. The summed E-state index contributed by atoms with van der Waals surface area (Å²) in [4.78, 5) is 7.37. The minimum Gasteiger partial charge on any atom is -0.357 e. The van der Waals surface area contributed by atoms with E-state index in [1.54, 1.807) is 18.2 Å². The van der Waals surface area contributed by atoms with E-state index in [9.17, 15) is 8.42 Å². The van der Waals surface area contributed by atoms with Gasteiger partial charge in [-0.3, -0.25) is 0 Å². The van der Waals surface area contributed by atoms with Gasteiger partial charge in [0, 0.05) is 19.6 Å². The molecule has 1 fully saturated rings. The molecule has 30 heavy (non-hydrogen) atoms. The molecule has 7 heteroatoms. The fourth-order valence-corrected chi connectivity index (χ4v) is 4.62. The maximum Gasteiger partial charge on any atom is 0.240 e. The summed E-state index contributed by atoms with van der Waals surface area (Å²) in [6.07, 6.45) is 3.43. The Morgan fingerprint density at radius 2 is 1.77 bits per heavy atom. The van der Waals surface area contributed by atoms with E-state index in [-0.39, 0.29) is 4.90 Å². The number of rotatable bonds is 7. The molecule has 0 amide bonds. The highest BCUT2D eigenvalue weighted by Crippen LogP contribution is 2.22. The first-order valence-corrected chi connectivity index (χ1v) is 12.1. The van der Waals surface area contributed by atoms with Crippen LogP contribution in [0.5, 0.6) is 0 Å². The number of benzene rings is 2. The number of aliphatic imine (C=N–C) groups is 1. The van der Waals surface area contributed by atoms with E-state index < -0.39 is 10.0 Å². The molecule has 0 saturated carbocycles. The monoisotopic (exact) mass is 428 g/mol. The second-order valence-electron chi connectivity index (χ2n) is 7.65. The molecule has 2 aromatic rings. The zero-order valence-electron chi connectivity index (χ0n) is 17.8. The quantitative estimate of drug-likeness (QED) is 0.525. The Morgan fingerprint density at radius 1 is 1.07 bits per heavy atom. The molecule has 0 aliphatic carbocycles. The summed E-state index contributed by atoms with van der Waals surface area (Å²) in [6, 6.07) is 17.7. The van der Waals surface area contributed by atoms with Gasteiger partial charge in [0.15, 0.2) is 5.96 Å². The van der Waals surface area contributed by atoms with E-state index in [4.69, 9.17) is 4.99 Å². The Balaban J connectivity index is 1.62. The van der Waals surface area contributed by atoms with Crippen LogP contribution in [0.2, 0.25) is 0 Å². The number of hydrogen-bond donors (Lipinski definition) is 2. The van der Waals surface area contributed by atoms with Crippen molar-refractivity contribution in [2.45, 2.75) is 37.6 Å². The normalized spacial score (nSPS) is 15.9. The minimum absolute atomic E-state index is 0.268. The number of sulfonamides is 1. The average molecular weight is 429 g/mol. The molecule has 1 aliphatic rings. The molecule has 1 saturated heterocycles. The molecule has 162 valence electrons. The fourth-order valence-electron chi connectivity index (χ4n) is 3.82. The molecule has 2 N–H and O–H groups in total. The third kappa shape index (κ3) is 6.06. The number of nitrogens with one attached hydrogen (secondary N) is 2. The first-order chi connectivity index (χ1) is 14.5. The Kier molecular flexibility index (Phi) is 7.87. The highest BCUT2D eigenvalue weighted by molar-refractivity contribution is 7.89. The zero-order chi connectivity index (χ0) is 21.4. The van der Waals surface area contributed by atoms with Crippen LogP contribution >= 0.6 is 0 Å². The van der Waals surface area contributed by atoms with Crippen LogP contribution in [0.1, 0.15) is 30.9 Å². The van der Waals surface area contributed by atoms with Crippen molar-refractivity contribution in [2.24, 2.45) is 10.9 Å². The highest BCUT2D eigenvalue weighted by atomic mass is 32.2. The Morgan fingerprint density at radius 3 is 2.43 bits per heavy atom. The smallest absolute Gasteiger partial charge is 0.240 e. The maximum atomic E-state index is 12.0. The van der Waals surface area contributed by atoms with Gasteiger partial charge in [0.05, 0.1) is 11.4 Å². The summed E-state index contributed by atoms with van der Waals surface area (Å²) < 4.78 is 26.4. The van der Waals surface area contributed by atoms with Gasteiger partial charge in [-0.2, -0.15) is 0 Å². The molecule has 2 aromatic carbocycles. The number of hydrogen-bond acceptors (Lipinski definition) is 3. The van der Waals surface area contributed by atoms with E-state index >= 15 is 0 Å². The highest BCUT2D eigenvalue weighted by Gasteiger charge is 2.21. The van der Waals surface area contributed by atoms with Gasteiger partial charge in [0.25, 0.3) is 0 Å². The molecule has 3 rings (SSSR count). The maximum absolute atomic E-state index is 12.0. The van der Waals surface area contributed by atoms with Crippen molar-refractivity contribution in [3.05, 3.63) is 65.7 Å². The molecular formula is C23H32N4O2S. The predicted octanol–water partition coefficient (Wildman–Crippen LogP) is 3.01. The summed E-state index contributed by atoms with van der Waals surface area (Å²) in [6.45, 7) is 5.28. The summed E-state index contributed by atoms with van der Waals surface area (Å²) >= 11 is 0. The van der Waals surface area contributed by atoms with Gasteiger partial charge in [-0.1, -0.05) is 42.5 Å². The summed E-state index contributed by atoms with van der Waals surface area (Å²) in [7, 11) is -2.03. The summed E-state index contributed by atoms with van der Waals surface area (Å²) in [5, 5.41) is 3.39. The van der Waals surface area contributed by atoms with Crippen LogP contribution in [-0.2, 0) is 23.0 Å². The molecule has 0 unspecified atom stereocenters. The summed E-state index contributed by atoms with van der Waals surface area (Å²) in [5.74, 6) is 1.60. The van der Waals surface area contributed by atoms with Crippen molar-refractivity contribution in [1.82, 2.24) is 14.9 Å². The standard InChI is InChI=1S/C23H32N4O2S/c1-3-25-23(26-18-21-10-7-11-22(17-21)30(28,29)24-2)27-14-12-20(13-15-27)16-19-8-5-4-6-9-19/h4-11,17,20,24H,3,12-16,18H2,1-2H3,(H,25,26). The molecule has 1 heterocycles. The van der Waals surface area contributed by atoms with Crippen LogP contribution in [0.4, 0.5) is 0 Å². The van der Waals surface area contributed by atoms with Gasteiger partial charge in [-0.15, -0.1) is 0 Å². The molecule has 6 nitrogen and oxygen atoms in total. The van der Waals surface area contributed by atoms with Crippen molar-refractivity contribution in [2.75, 3.05) is 26.7 Å². The van der Waals surface area contributed by atoms with Crippen molar-refractivity contribution in [3.63, 3.8) is 0 Å². The molecule has 0 bridgehead atoms. The van der Waals surface area contributed by atoms with Gasteiger partial charge < -0.3 is 10.2 Å². The predicted molar refractivity (Wildman–Crippen MR) is 122 cm³/mol. The molecule has 0 aromatic heterocycles. The van der Waals surface area contributed by atoms with Crippen LogP contribution < -0.4 is 10.0 Å². The fraction of sp³-hybridized carbons (Fsp3) is 0.435. The largest absolute Gasteiger partial charge is 0.357 e. The SMILES string of the molecule is CCNC(=NCc1cccc(S(=O)(=O)NC)c1)N1CCC(Cc2ccccc2)CC1. The zero-order valence-corrected chi connectivity index (χ0v) is 18.7. The van der Waals surface area contributed by atoms with Gasteiger partial charge in [-0.05, 0) is 62.4 Å². The first-order valence-electron chi connectivity index (χ1n) is 10.6. The lowest BCUT2D eigenvalue weighted by Crippen LogP contribution is -2.45. The van der Waals surface area contributed by atoms with Gasteiger partial charge >= 0.3 is 0 Å². The van der Waals surface area contributed by atoms with Crippen molar-refractivity contribution >= 4 is 16.0 Å². The van der Waals surface area contributed by atoms with E-state index in [0.717, 1.165) is 50.4 Å². The third-order valence-corrected chi connectivity index (χ3v) is 6.92. The van der Waals surface area contributed by atoms with Crippen LogP contribution in [-0.4, -0.2) is 46.0 Å². The van der Waals surface area contributed by atoms with Crippen molar-refractivity contribution < 1.29 is 8.42 Å². The minimum atomic E-state index is -3.45. The molecule has 1 aliphatic heterocycles. The Labute approximate surface area is 180 Å². The van der Waals surface area contributed by atoms with Gasteiger partial charge in [0.1, 0.15) is 0 Å². The molecule has 0 spiro atoms. The van der Waals surface area contributed by atoms with E-state index in [0.29, 0.717) is 12.5 Å². The molecular weight excluding hydrogens is 396 g/mol. The average Bonchev–Trinajstić information content (AvgIpc) is 2.78. The topological polar surface area (TPSA) is 73.8 Å².